The number of nitrogens with one attached hydrogen (secondary N) is 2. The molecule has 0 bridgehead atoms. The van der Waals surface area contributed by atoms with E-state index in [1.54, 1.807) is 10.9 Å². The smallest absolute Gasteiger partial charge is 0.276 e. The fraction of sp³-hybridized carbons (Fsp3) is 0.600. The zero-order valence-electron chi connectivity index (χ0n) is 8.75. The summed E-state index contributed by atoms with van der Waals surface area (Å²) in [6, 6.07) is 0.284. The number of aryl methyl sites for hydroxylation is 1. The molecular weight excluding hydrogens is 194 g/mol. The zero-order valence-corrected chi connectivity index (χ0v) is 8.75. The van der Waals surface area contributed by atoms with E-state index >= 15 is 0 Å². The molecule has 0 radical (unpaired) electrons. The van der Waals surface area contributed by atoms with E-state index in [0.717, 1.165) is 25.8 Å². The van der Waals surface area contributed by atoms with Crippen LogP contribution >= 0.6 is 0 Å². The van der Waals surface area contributed by atoms with Gasteiger partial charge in [0.2, 0.25) is 0 Å². The van der Waals surface area contributed by atoms with Crippen LogP contribution in [-0.4, -0.2) is 21.7 Å². The van der Waals surface area contributed by atoms with Gasteiger partial charge in [-0.1, -0.05) is 6.92 Å². The molecule has 2 rings (SSSR count). The maximum absolute atomic E-state index is 11.6. The second-order valence-electron chi connectivity index (χ2n) is 3.92. The predicted molar refractivity (Wildman–Crippen MR) is 55.8 cm³/mol. The molecule has 1 amide bonds. The number of carbonyl (C=O) groups excluding carboxylic acids is 1. The largest absolute Gasteiger partial charge is 0.349 e. The number of rotatable bonds is 4. The molecule has 1 aromatic heterocycles. The minimum Gasteiger partial charge on any atom is -0.349 e. The fourth-order valence-electron chi connectivity index (χ4n) is 1.45. The van der Waals surface area contributed by atoms with Gasteiger partial charge in [0, 0.05) is 18.8 Å². The molecule has 1 saturated carbocycles. The number of carbonyl (C=O) groups is 1. The SMILES string of the molecule is CCCn1cc(C(=O)NC2CC2)c(=O)[nH]1. The maximum Gasteiger partial charge on any atom is 0.276 e. The normalized spacial score (nSPS) is 15.3. The van der Waals surface area contributed by atoms with E-state index in [0.29, 0.717) is 0 Å². The fourth-order valence-corrected chi connectivity index (χ4v) is 1.45. The Balaban J connectivity index is 2.11. The number of aromatic amines is 1. The number of hydrogen-bond donors (Lipinski definition) is 2. The minimum absolute atomic E-state index is 0.218. The third kappa shape index (κ3) is 2.29. The Kier molecular flexibility index (Phi) is 2.62. The van der Waals surface area contributed by atoms with Gasteiger partial charge in [-0.25, -0.2) is 0 Å². The summed E-state index contributed by atoms with van der Waals surface area (Å²) in [4.78, 5) is 23.0. The molecule has 1 fully saturated rings. The van der Waals surface area contributed by atoms with E-state index < -0.39 is 0 Å². The lowest BCUT2D eigenvalue weighted by molar-refractivity contribution is 0.0950. The summed E-state index contributed by atoms with van der Waals surface area (Å²) < 4.78 is 1.66. The quantitative estimate of drug-likeness (QED) is 0.757. The van der Waals surface area contributed by atoms with Gasteiger partial charge in [-0.3, -0.25) is 19.4 Å². The van der Waals surface area contributed by atoms with Crippen molar-refractivity contribution in [2.24, 2.45) is 0 Å². The molecule has 0 unspecified atom stereocenters. The van der Waals surface area contributed by atoms with Gasteiger partial charge in [-0.15, -0.1) is 0 Å². The van der Waals surface area contributed by atoms with Crippen LogP contribution in [0, 0.1) is 0 Å². The lowest BCUT2D eigenvalue weighted by Crippen LogP contribution is -2.29. The molecule has 5 nitrogen and oxygen atoms in total. The van der Waals surface area contributed by atoms with Crippen LogP contribution in [0.4, 0.5) is 0 Å². The van der Waals surface area contributed by atoms with Crippen LogP contribution in [0.3, 0.4) is 0 Å². The van der Waals surface area contributed by atoms with Gasteiger partial charge in [-0.05, 0) is 19.3 Å². The summed E-state index contributed by atoms with van der Waals surface area (Å²) in [5.41, 5.74) is -0.0862. The first-order valence-corrected chi connectivity index (χ1v) is 5.31. The van der Waals surface area contributed by atoms with Crippen molar-refractivity contribution in [3.8, 4) is 0 Å². The molecule has 0 aromatic carbocycles. The van der Waals surface area contributed by atoms with Crippen LogP contribution < -0.4 is 10.9 Å². The van der Waals surface area contributed by atoms with Crippen molar-refractivity contribution in [2.75, 3.05) is 0 Å². The van der Waals surface area contributed by atoms with Crippen molar-refractivity contribution < 1.29 is 4.79 Å². The second-order valence-corrected chi connectivity index (χ2v) is 3.92. The van der Waals surface area contributed by atoms with E-state index in [1.807, 2.05) is 6.92 Å². The number of amides is 1. The third-order valence-electron chi connectivity index (χ3n) is 2.40. The molecule has 2 N–H and O–H groups in total. The number of H-pyrrole nitrogens is 1. The van der Waals surface area contributed by atoms with Gasteiger partial charge in [0.15, 0.2) is 0 Å². The molecule has 5 heteroatoms. The van der Waals surface area contributed by atoms with E-state index in [2.05, 4.69) is 10.4 Å². The topological polar surface area (TPSA) is 66.9 Å². The van der Waals surface area contributed by atoms with Crippen molar-refractivity contribution in [2.45, 2.75) is 38.8 Å². The van der Waals surface area contributed by atoms with E-state index in [1.165, 1.54) is 0 Å². The summed E-state index contributed by atoms with van der Waals surface area (Å²) in [7, 11) is 0. The van der Waals surface area contributed by atoms with Gasteiger partial charge in [-0.2, -0.15) is 0 Å². The molecular formula is C10H15N3O2. The van der Waals surface area contributed by atoms with Crippen LogP contribution in [0.1, 0.15) is 36.5 Å². The molecule has 82 valence electrons. The number of nitrogens with zero attached hydrogens (tertiary/aromatic N) is 1. The number of hydrogen-bond acceptors (Lipinski definition) is 2. The second kappa shape index (κ2) is 3.92. The van der Waals surface area contributed by atoms with Gasteiger partial charge in [0.25, 0.3) is 11.5 Å². The van der Waals surface area contributed by atoms with Gasteiger partial charge >= 0.3 is 0 Å². The summed E-state index contributed by atoms with van der Waals surface area (Å²) in [5.74, 6) is -0.256. The molecule has 0 saturated heterocycles. The zero-order chi connectivity index (χ0) is 10.8. The van der Waals surface area contributed by atoms with Crippen LogP contribution in [0.25, 0.3) is 0 Å². The summed E-state index contributed by atoms with van der Waals surface area (Å²) in [6.07, 6.45) is 4.57. The van der Waals surface area contributed by atoms with Crippen LogP contribution in [0.2, 0.25) is 0 Å². The Bertz CT molecular complexity index is 415. The van der Waals surface area contributed by atoms with Crippen molar-refractivity contribution in [1.82, 2.24) is 15.1 Å². The van der Waals surface area contributed by atoms with Crippen LogP contribution in [0.15, 0.2) is 11.0 Å². The average Bonchev–Trinajstić information content (AvgIpc) is 2.90. The highest BCUT2D eigenvalue weighted by atomic mass is 16.2. The highest BCUT2D eigenvalue weighted by molar-refractivity contribution is 5.93. The molecule has 0 atom stereocenters. The summed E-state index contributed by atoms with van der Waals surface area (Å²) in [6.45, 7) is 2.74. The molecule has 0 spiro atoms. The van der Waals surface area contributed by atoms with Gasteiger partial charge < -0.3 is 5.32 Å². The first kappa shape index (κ1) is 10.0. The van der Waals surface area contributed by atoms with Crippen LogP contribution in [-0.2, 0) is 6.54 Å². The highest BCUT2D eigenvalue weighted by Gasteiger charge is 2.25. The maximum atomic E-state index is 11.6. The van der Waals surface area contributed by atoms with E-state index in [9.17, 15) is 9.59 Å². The summed E-state index contributed by atoms with van der Waals surface area (Å²) in [5, 5.41) is 5.41. The van der Waals surface area contributed by atoms with E-state index in [-0.39, 0.29) is 23.1 Å². The average molecular weight is 209 g/mol. The van der Waals surface area contributed by atoms with Gasteiger partial charge in [0.05, 0.1) is 0 Å². The monoisotopic (exact) mass is 209 g/mol. The highest BCUT2D eigenvalue weighted by Crippen LogP contribution is 2.18. The molecule has 1 aliphatic carbocycles. The molecule has 1 aliphatic rings. The lowest BCUT2D eigenvalue weighted by atomic mass is 10.3. The minimum atomic E-state index is -0.304. The van der Waals surface area contributed by atoms with Crippen molar-refractivity contribution in [1.29, 1.82) is 0 Å². The first-order chi connectivity index (χ1) is 7.20. The lowest BCUT2D eigenvalue weighted by Gasteiger charge is -1.98. The van der Waals surface area contributed by atoms with Crippen molar-refractivity contribution in [3.63, 3.8) is 0 Å². The molecule has 1 heterocycles. The first-order valence-electron chi connectivity index (χ1n) is 5.31. The molecule has 0 aliphatic heterocycles. The third-order valence-corrected chi connectivity index (χ3v) is 2.40. The Morgan fingerprint density at radius 3 is 3.00 bits per heavy atom. The van der Waals surface area contributed by atoms with Gasteiger partial charge in [0.1, 0.15) is 5.56 Å². The Morgan fingerprint density at radius 1 is 1.67 bits per heavy atom. The number of aromatic nitrogens is 2. The van der Waals surface area contributed by atoms with Crippen molar-refractivity contribution in [3.05, 3.63) is 22.1 Å². The standard InChI is InChI=1S/C10H15N3O2/c1-2-5-13-6-8(10(15)12-13)9(14)11-7-3-4-7/h6-7H,2-5H2,1H3,(H,11,14)(H,12,15). The molecule has 15 heavy (non-hydrogen) atoms. The summed E-state index contributed by atoms with van der Waals surface area (Å²) >= 11 is 0. The van der Waals surface area contributed by atoms with Crippen LogP contribution in [0.5, 0.6) is 0 Å². The Morgan fingerprint density at radius 2 is 2.40 bits per heavy atom. The van der Waals surface area contributed by atoms with Crippen molar-refractivity contribution >= 4 is 5.91 Å². The van der Waals surface area contributed by atoms with E-state index in [4.69, 9.17) is 0 Å². The predicted octanol–water partition coefficient (Wildman–Crippen LogP) is 0.479. The Hall–Kier alpha value is -1.52. The molecule has 1 aromatic rings. The Labute approximate surface area is 87.5 Å².